The number of rotatable bonds is 7. The maximum absolute atomic E-state index is 13.7. The van der Waals surface area contributed by atoms with Crippen molar-refractivity contribution in [3.63, 3.8) is 0 Å². The number of nitrogens with zero attached hydrogens (tertiary/aromatic N) is 5. The van der Waals surface area contributed by atoms with Crippen LogP contribution in [0.4, 0.5) is 31.8 Å². The van der Waals surface area contributed by atoms with Gasteiger partial charge in [0, 0.05) is 37.2 Å². The normalized spacial score (nSPS) is 11.3. The number of halogens is 2. The third-order valence-electron chi connectivity index (χ3n) is 5.20. The molecule has 0 bridgehead atoms. The van der Waals surface area contributed by atoms with E-state index in [9.17, 15) is 13.6 Å². The summed E-state index contributed by atoms with van der Waals surface area (Å²) in [6.45, 7) is 4.47. The molecular weight excluding hydrogens is 454 g/mol. The van der Waals surface area contributed by atoms with Gasteiger partial charge in [-0.25, -0.2) is 18.7 Å². The summed E-state index contributed by atoms with van der Waals surface area (Å²) in [4.78, 5) is 25.5. The van der Waals surface area contributed by atoms with Gasteiger partial charge < -0.3 is 16.0 Å². The number of pyridine rings is 1. The van der Waals surface area contributed by atoms with E-state index in [1.165, 1.54) is 36.8 Å². The SMILES string of the molecule is CNc1cc(-n2nc(C)cc2Nc2cc(NC(=O)c3cccc(C(C)(F)F)c3)cnc2C)ncn1. The van der Waals surface area contributed by atoms with Crippen molar-refractivity contribution in [2.24, 2.45) is 0 Å². The number of carbonyl (C=O) groups excluding carboxylic acids is 1. The van der Waals surface area contributed by atoms with Crippen LogP contribution in [-0.2, 0) is 5.92 Å². The number of aryl methyl sites for hydroxylation is 2. The molecule has 3 N–H and O–H groups in total. The number of hydrogen-bond acceptors (Lipinski definition) is 7. The molecule has 0 saturated carbocycles. The monoisotopic (exact) mass is 478 g/mol. The average Bonchev–Trinajstić information content (AvgIpc) is 3.20. The molecule has 0 radical (unpaired) electrons. The fourth-order valence-corrected chi connectivity index (χ4v) is 3.37. The van der Waals surface area contributed by atoms with Crippen molar-refractivity contribution >= 4 is 28.9 Å². The van der Waals surface area contributed by atoms with Crippen molar-refractivity contribution in [1.82, 2.24) is 24.7 Å². The Kier molecular flexibility index (Phi) is 6.41. The maximum Gasteiger partial charge on any atom is 0.270 e. The number of alkyl halides is 2. The lowest BCUT2D eigenvalue weighted by molar-refractivity contribution is 0.0174. The first-order chi connectivity index (χ1) is 16.6. The van der Waals surface area contributed by atoms with Crippen LogP contribution in [0.25, 0.3) is 5.82 Å². The summed E-state index contributed by atoms with van der Waals surface area (Å²) >= 11 is 0. The summed E-state index contributed by atoms with van der Waals surface area (Å²) in [5, 5.41) is 13.5. The molecule has 0 aliphatic heterocycles. The lowest BCUT2D eigenvalue weighted by atomic mass is 10.1. The Hall–Kier alpha value is -4.41. The van der Waals surface area contributed by atoms with E-state index in [2.05, 4.69) is 36.0 Å². The zero-order valence-electron chi connectivity index (χ0n) is 19.6. The van der Waals surface area contributed by atoms with E-state index in [1.54, 1.807) is 23.9 Å². The Labute approximate surface area is 200 Å². The summed E-state index contributed by atoms with van der Waals surface area (Å²) in [6, 6.07) is 10.7. The van der Waals surface area contributed by atoms with Gasteiger partial charge in [0.25, 0.3) is 11.8 Å². The molecule has 0 saturated heterocycles. The van der Waals surface area contributed by atoms with Crippen molar-refractivity contribution in [1.29, 1.82) is 0 Å². The van der Waals surface area contributed by atoms with E-state index in [4.69, 9.17) is 0 Å². The Morgan fingerprint density at radius 2 is 1.86 bits per heavy atom. The van der Waals surface area contributed by atoms with Crippen molar-refractivity contribution in [2.75, 3.05) is 23.0 Å². The van der Waals surface area contributed by atoms with E-state index >= 15 is 0 Å². The molecule has 3 heterocycles. The zero-order chi connectivity index (χ0) is 25.2. The first-order valence-corrected chi connectivity index (χ1v) is 10.7. The highest BCUT2D eigenvalue weighted by Crippen LogP contribution is 2.28. The fourth-order valence-electron chi connectivity index (χ4n) is 3.37. The molecule has 180 valence electrons. The minimum atomic E-state index is -3.04. The van der Waals surface area contributed by atoms with Crippen molar-refractivity contribution < 1.29 is 13.6 Å². The third-order valence-corrected chi connectivity index (χ3v) is 5.20. The first-order valence-electron chi connectivity index (χ1n) is 10.7. The number of benzene rings is 1. The van der Waals surface area contributed by atoms with Gasteiger partial charge in [-0.05, 0) is 32.0 Å². The molecule has 0 unspecified atom stereocenters. The van der Waals surface area contributed by atoms with E-state index in [1.807, 2.05) is 19.9 Å². The van der Waals surface area contributed by atoms with E-state index in [-0.39, 0.29) is 11.1 Å². The summed E-state index contributed by atoms with van der Waals surface area (Å²) in [6.07, 6.45) is 2.94. The van der Waals surface area contributed by atoms with E-state index in [0.29, 0.717) is 34.5 Å². The van der Waals surface area contributed by atoms with Crippen LogP contribution < -0.4 is 16.0 Å². The number of aromatic nitrogens is 5. The largest absolute Gasteiger partial charge is 0.373 e. The maximum atomic E-state index is 13.7. The Morgan fingerprint density at radius 1 is 1.06 bits per heavy atom. The Morgan fingerprint density at radius 3 is 2.60 bits per heavy atom. The van der Waals surface area contributed by atoms with Crippen LogP contribution in [0.2, 0.25) is 0 Å². The van der Waals surface area contributed by atoms with Crippen LogP contribution in [0.1, 0.15) is 34.2 Å². The van der Waals surface area contributed by atoms with Gasteiger partial charge in [0.2, 0.25) is 0 Å². The van der Waals surface area contributed by atoms with Gasteiger partial charge in [-0.2, -0.15) is 9.78 Å². The molecule has 1 amide bonds. The Balaban J connectivity index is 1.59. The van der Waals surface area contributed by atoms with Crippen LogP contribution in [-0.4, -0.2) is 37.7 Å². The number of amides is 1. The highest BCUT2D eigenvalue weighted by Gasteiger charge is 2.25. The molecule has 0 fully saturated rings. The van der Waals surface area contributed by atoms with Crippen LogP contribution in [0.3, 0.4) is 0 Å². The summed E-state index contributed by atoms with van der Waals surface area (Å²) in [5.41, 5.74) is 2.36. The van der Waals surface area contributed by atoms with Gasteiger partial charge in [0.05, 0.1) is 29.0 Å². The number of anilines is 4. The second-order valence-electron chi connectivity index (χ2n) is 8.00. The van der Waals surface area contributed by atoms with E-state index in [0.717, 1.165) is 12.6 Å². The second kappa shape index (κ2) is 9.45. The number of hydrogen-bond donors (Lipinski definition) is 3. The lowest BCUT2D eigenvalue weighted by Gasteiger charge is -2.14. The van der Waals surface area contributed by atoms with Gasteiger partial charge in [0.15, 0.2) is 5.82 Å². The van der Waals surface area contributed by atoms with Crippen LogP contribution >= 0.6 is 0 Å². The number of carbonyl (C=O) groups is 1. The van der Waals surface area contributed by atoms with Gasteiger partial charge in [-0.1, -0.05) is 12.1 Å². The molecule has 0 aliphatic carbocycles. The molecule has 11 heteroatoms. The third kappa shape index (κ3) is 5.40. The van der Waals surface area contributed by atoms with Crippen LogP contribution in [0.15, 0.2) is 55.0 Å². The zero-order valence-corrected chi connectivity index (χ0v) is 19.6. The standard InChI is InChI=1S/C24H24F2N8O/c1-14-8-22(34(33-14)21-11-20(27-4)29-13-30-21)32-19-10-18(12-28-15(19)2)31-23(35)16-6-5-7-17(9-16)24(3,25)26/h5-13,32H,1-4H3,(H,31,35)(H,27,29,30). The van der Waals surface area contributed by atoms with Crippen LogP contribution in [0.5, 0.6) is 0 Å². The van der Waals surface area contributed by atoms with Gasteiger partial charge >= 0.3 is 0 Å². The minimum absolute atomic E-state index is 0.122. The molecule has 35 heavy (non-hydrogen) atoms. The predicted molar refractivity (Wildman–Crippen MR) is 130 cm³/mol. The highest BCUT2D eigenvalue weighted by atomic mass is 19.3. The molecule has 4 rings (SSSR count). The van der Waals surface area contributed by atoms with Crippen molar-refractivity contribution in [3.05, 3.63) is 77.5 Å². The average molecular weight is 479 g/mol. The van der Waals surface area contributed by atoms with E-state index < -0.39 is 11.8 Å². The minimum Gasteiger partial charge on any atom is -0.373 e. The highest BCUT2D eigenvalue weighted by molar-refractivity contribution is 6.04. The molecule has 0 atom stereocenters. The number of nitrogens with one attached hydrogen (secondary N) is 3. The van der Waals surface area contributed by atoms with Gasteiger partial charge in [-0.3, -0.25) is 9.78 Å². The molecular formula is C24H24F2N8O. The quantitative estimate of drug-likeness (QED) is 0.349. The topological polar surface area (TPSA) is 110 Å². The second-order valence-corrected chi connectivity index (χ2v) is 8.00. The smallest absolute Gasteiger partial charge is 0.270 e. The Bertz CT molecular complexity index is 1380. The summed E-state index contributed by atoms with van der Waals surface area (Å²) < 4.78 is 29.0. The molecule has 1 aromatic carbocycles. The lowest BCUT2D eigenvalue weighted by Crippen LogP contribution is -2.15. The fraction of sp³-hybridized carbons (Fsp3) is 0.208. The molecule has 0 spiro atoms. The summed E-state index contributed by atoms with van der Waals surface area (Å²) in [5.74, 6) is -1.73. The van der Waals surface area contributed by atoms with Gasteiger partial charge in [-0.15, -0.1) is 0 Å². The molecule has 4 aromatic rings. The first kappa shape index (κ1) is 23.7. The van der Waals surface area contributed by atoms with Crippen LogP contribution in [0, 0.1) is 13.8 Å². The van der Waals surface area contributed by atoms with Gasteiger partial charge in [0.1, 0.15) is 18.0 Å². The summed E-state index contributed by atoms with van der Waals surface area (Å²) in [7, 11) is 1.76. The van der Waals surface area contributed by atoms with Crippen molar-refractivity contribution in [2.45, 2.75) is 26.7 Å². The molecule has 0 aliphatic rings. The molecule has 3 aromatic heterocycles. The molecule has 9 nitrogen and oxygen atoms in total. The predicted octanol–water partition coefficient (Wildman–Crippen LogP) is 4.82. The van der Waals surface area contributed by atoms with Crippen molar-refractivity contribution in [3.8, 4) is 5.82 Å².